The summed E-state index contributed by atoms with van der Waals surface area (Å²) < 4.78 is 102. The summed E-state index contributed by atoms with van der Waals surface area (Å²) in [5, 5.41) is 2.51. The second-order valence-corrected chi connectivity index (χ2v) is 11.1. The largest absolute Gasteiger partial charge is 0.416 e. The SMILES string of the molecule is CC(C)([C@H]1C[C@@H](C(=O)Nc2ccc(C(F)(F)F)cc2)C1)S(=O)(=O)c1cccc(C(F)(F)F)c1. The van der Waals surface area contributed by atoms with Gasteiger partial charge < -0.3 is 5.32 Å². The molecule has 0 radical (unpaired) electrons. The maximum atomic E-state index is 13.1. The lowest BCUT2D eigenvalue weighted by Gasteiger charge is -2.44. The van der Waals surface area contributed by atoms with Gasteiger partial charge >= 0.3 is 12.4 Å². The van der Waals surface area contributed by atoms with E-state index in [1.807, 2.05) is 0 Å². The Morgan fingerprint density at radius 1 is 0.879 bits per heavy atom. The van der Waals surface area contributed by atoms with Crippen LogP contribution in [0.15, 0.2) is 53.4 Å². The van der Waals surface area contributed by atoms with Crippen molar-refractivity contribution in [3.63, 3.8) is 0 Å². The number of sulfone groups is 1. The number of alkyl halides is 6. The summed E-state index contributed by atoms with van der Waals surface area (Å²) in [7, 11) is -4.15. The van der Waals surface area contributed by atoms with Crippen molar-refractivity contribution in [2.24, 2.45) is 11.8 Å². The number of amides is 1. The van der Waals surface area contributed by atoms with E-state index in [-0.39, 0.29) is 18.5 Å². The lowest BCUT2D eigenvalue weighted by Crippen LogP contribution is -2.49. The molecule has 2 aromatic rings. The van der Waals surface area contributed by atoms with E-state index >= 15 is 0 Å². The molecule has 1 aliphatic rings. The summed E-state index contributed by atoms with van der Waals surface area (Å²) in [6.45, 7) is 2.83. The first-order valence-electron chi connectivity index (χ1n) is 9.93. The van der Waals surface area contributed by atoms with Crippen LogP contribution in [0.3, 0.4) is 0 Å². The van der Waals surface area contributed by atoms with Crippen molar-refractivity contribution in [1.82, 2.24) is 0 Å². The Labute approximate surface area is 186 Å². The Hall–Kier alpha value is -2.56. The molecule has 0 heterocycles. The standard InChI is InChI=1S/C22H21F6NO3S/c1-20(2,33(31,32)18-5-3-4-15(12-18)22(26,27)28)16-10-13(11-16)19(30)29-17-8-6-14(7-9-17)21(23,24)25/h3-9,12-13,16H,10-11H2,1-2H3,(H,29,30)/t13-,16+. The number of halogens is 6. The Morgan fingerprint density at radius 2 is 1.42 bits per heavy atom. The van der Waals surface area contributed by atoms with E-state index in [1.165, 1.54) is 13.8 Å². The van der Waals surface area contributed by atoms with Crippen molar-refractivity contribution in [2.45, 2.75) is 48.7 Å². The molecule has 1 aliphatic carbocycles. The van der Waals surface area contributed by atoms with E-state index in [1.54, 1.807) is 0 Å². The predicted molar refractivity (Wildman–Crippen MR) is 109 cm³/mol. The molecule has 0 saturated heterocycles. The molecule has 0 atom stereocenters. The van der Waals surface area contributed by atoms with Crippen LogP contribution in [0.2, 0.25) is 0 Å². The highest BCUT2D eigenvalue weighted by molar-refractivity contribution is 7.92. The number of rotatable bonds is 5. The molecule has 0 aliphatic heterocycles. The molecule has 0 unspecified atom stereocenters. The van der Waals surface area contributed by atoms with Crippen LogP contribution in [-0.2, 0) is 27.0 Å². The van der Waals surface area contributed by atoms with Gasteiger partial charge in [-0.25, -0.2) is 8.42 Å². The molecule has 2 aromatic carbocycles. The van der Waals surface area contributed by atoms with E-state index in [2.05, 4.69) is 5.32 Å². The minimum atomic E-state index is -4.69. The minimum absolute atomic E-state index is 0.173. The smallest absolute Gasteiger partial charge is 0.326 e. The maximum absolute atomic E-state index is 13.1. The van der Waals surface area contributed by atoms with E-state index < -0.39 is 60.7 Å². The molecule has 1 N–H and O–H groups in total. The normalized spacial score (nSPS) is 19.6. The van der Waals surface area contributed by atoms with Crippen LogP contribution in [-0.4, -0.2) is 19.1 Å². The van der Waals surface area contributed by atoms with Crippen LogP contribution >= 0.6 is 0 Å². The Bertz CT molecular complexity index is 1130. The third kappa shape index (κ3) is 5.02. The number of anilines is 1. The third-order valence-corrected chi connectivity index (χ3v) is 8.73. The van der Waals surface area contributed by atoms with Gasteiger partial charge in [-0.2, -0.15) is 26.3 Å². The second-order valence-electron chi connectivity index (χ2n) is 8.56. The molecule has 4 nitrogen and oxygen atoms in total. The van der Waals surface area contributed by atoms with Crippen LogP contribution < -0.4 is 5.32 Å². The first kappa shape index (κ1) is 25.1. The summed E-state index contributed by atoms with van der Waals surface area (Å²) in [4.78, 5) is 12.0. The third-order valence-electron chi connectivity index (χ3n) is 6.14. The van der Waals surface area contributed by atoms with E-state index in [0.717, 1.165) is 42.5 Å². The predicted octanol–water partition coefficient (Wildman–Crippen LogP) is 5.94. The number of hydrogen-bond acceptors (Lipinski definition) is 3. The van der Waals surface area contributed by atoms with Gasteiger partial charge in [0.05, 0.1) is 20.8 Å². The average Bonchev–Trinajstić information content (AvgIpc) is 2.65. The average molecular weight is 493 g/mol. The molecule has 3 rings (SSSR count). The van der Waals surface area contributed by atoms with Gasteiger partial charge in [-0.3, -0.25) is 4.79 Å². The molecule has 1 fully saturated rings. The number of hydrogen-bond donors (Lipinski definition) is 1. The maximum Gasteiger partial charge on any atom is 0.416 e. The van der Waals surface area contributed by atoms with Gasteiger partial charge in [0.25, 0.3) is 0 Å². The Kier molecular flexibility index (Phi) is 6.33. The zero-order valence-corrected chi connectivity index (χ0v) is 18.4. The Balaban J connectivity index is 1.67. The van der Waals surface area contributed by atoms with E-state index in [9.17, 15) is 39.6 Å². The highest BCUT2D eigenvalue weighted by Crippen LogP contribution is 2.47. The summed E-state index contributed by atoms with van der Waals surface area (Å²) in [6.07, 6.45) is -8.83. The number of nitrogens with one attached hydrogen (secondary N) is 1. The van der Waals surface area contributed by atoms with Crippen LogP contribution in [0.25, 0.3) is 0 Å². The van der Waals surface area contributed by atoms with Gasteiger partial charge in [-0.15, -0.1) is 0 Å². The lowest BCUT2D eigenvalue weighted by molar-refractivity contribution is -0.138. The first-order valence-corrected chi connectivity index (χ1v) is 11.4. The lowest BCUT2D eigenvalue weighted by atomic mass is 9.68. The molecule has 180 valence electrons. The molecule has 0 bridgehead atoms. The fraction of sp³-hybridized carbons (Fsp3) is 0.409. The molecule has 1 saturated carbocycles. The molecular formula is C22H21F6NO3S. The Morgan fingerprint density at radius 3 is 1.94 bits per heavy atom. The zero-order valence-electron chi connectivity index (χ0n) is 17.6. The van der Waals surface area contributed by atoms with Gasteiger partial charge in [0.1, 0.15) is 0 Å². The van der Waals surface area contributed by atoms with Crippen LogP contribution in [0.4, 0.5) is 32.0 Å². The van der Waals surface area contributed by atoms with Crippen molar-refractivity contribution in [3.05, 3.63) is 59.7 Å². The fourth-order valence-electron chi connectivity index (χ4n) is 3.75. The van der Waals surface area contributed by atoms with Crippen molar-refractivity contribution in [3.8, 4) is 0 Å². The van der Waals surface area contributed by atoms with Gasteiger partial charge in [0.15, 0.2) is 9.84 Å². The molecule has 11 heteroatoms. The monoisotopic (exact) mass is 493 g/mol. The first-order chi connectivity index (χ1) is 15.0. The zero-order chi connectivity index (χ0) is 24.8. The van der Waals surface area contributed by atoms with Crippen LogP contribution in [0.1, 0.15) is 37.8 Å². The number of carbonyl (C=O) groups is 1. The highest BCUT2D eigenvalue weighted by Gasteiger charge is 2.50. The number of carbonyl (C=O) groups excluding carboxylic acids is 1. The highest BCUT2D eigenvalue weighted by atomic mass is 32.2. The summed E-state index contributed by atoms with van der Waals surface area (Å²) >= 11 is 0. The van der Waals surface area contributed by atoms with Gasteiger partial charge in [-0.05, 0) is 75.1 Å². The summed E-state index contributed by atoms with van der Waals surface area (Å²) in [5.41, 5.74) is -1.75. The molecule has 33 heavy (non-hydrogen) atoms. The molecule has 1 amide bonds. The molecule has 0 spiro atoms. The minimum Gasteiger partial charge on any atom is -0.326 e. The van der Waals surface area contributed by atoms with Gasteiger partial charge in [-0.1, -0.05) is 6.07 Å². The van der Waals surface area contributed by atoms with Crippen molar-refractivity contribution in [1.29, 1.82) is 0 Å². The quantitative estimate of drug-likeness (QED) is 0.525. The van der Waals surface area contributed by atoms with Crippen LogP contribution in [0, 0.1) is 11.8 Å². The second kappa shape index (κ2) is 8.34. The fourth-order valence-corrected chi connectivity index (χ4v) is 5.53. The van der Waals surface area contributed by atoms with Crippen molar-refractivity contribution in [2.75, 3.05) is 5.32 Å². The summed E-state index contributed by atoms with van der Waals surface area (Å²) in [5.74, 6) is -1.51. The van der Waals surface area contributed by atoms with E-state index in [0.29, 0.717) is 6.07 Å². The van der Waals surface area contributed by atoms with Gasteiger partial charge in [0.2, 0.25) is 5.91 Å². The van der Waals surface area contributed by atoms with Crippen LogP contribution in [0.5, 0.6) is 0 Å². The summed E-state index contributed by atoms with van der Waals surface area (Å²) in [6, 6.07) is 7.46. The van der Waals surface area contributed by atoms with Crippen molar-refractivity contribution >= 4 is 21.4 Å². The van der Waals surface area contributed by atoms with E-state index in [4.69, 9.17) is 0 Å². The van der Waals surface area contributed by atoms with Gasteiger partial charge in [0, 0.05) is 11.6 Å². The molecule has 0 aromatic heterocycles. The topological polar surface area (TPSA) is 63.2 Å². The number of benzene rings is 2. The molecular weight excluding hydrogens is 472 g/mol. The van der Waals surface area contributed by atoms with Crippen molar-refractivity contribution < 1.29 is 39.6 Å².